The number of benzene rings is 4. The first-order chi connectivity index (χ1) is 19.0. The zero-order valence-electron chi connectivity index (χ0n) is 20.8. The normalized spacial score (nSPS) is 23.6. The smallest absolute Gasteiger partial charge is 0.319 e. The molecule has 2 heterocycles. The monoisotopic (exact) mass is 535 g/mol. The molecule has 3 aliphatic rings. The molecule has 192 valence electrons. The van der Waals surface area contributed by atoms with Crippen LogP contribution in [0, 0.1) is 17.8 Å². The molecule has 0 N–H and O–H groups in total. The number of esters is 1. The number of amides is 2. The van der Waals surface area contributed by atoms with Crippen LogP contribution in [0.3, 0.4) is 0 Å². The van der Waals surface area contributed by atoms with Gasteiger partial charge in [-0.25, -0.2) is 4.90 Å². The molecule has 0 unspecified atom stereocenters. The van der Waals surface area contributed by atoms with E-state index in [1.807, 2.05) is 60.7 Å². The Balaban J connectivity index is 1.46. The fourth-order valence-corrected chi connectivity index (χ4v) is 6.45. The second-order valence-corrected chi connectivity index (χ2v) is 10.5. The first-order valence-electron chi connectivity index (χ1n) is 12.7. The minimum absolute atomic E-state index is 0.347. The minimum Gasteiger partial charge on any atom is -0.497 e. The molecule has 0 radical (unpaired) electrons. The fourth-order valence-electron chi connectivity index (χ4n) is 6.33. The number of rotatable bonds is 3. The van der Waals surface area contributed by atoms with Crippen molar-refractivity contribution in [1.29, 1.82) is 0 Å². The van der Waals surface area contributed by atoms with Crippen molar-refractivity contribution in [2.24, 2.45) is 17.8 Å². The Morgan fingerprint density at radius 1 is 0.821 bits per heavy atom. The lowest BCUT2D eigenvalue weighted by Gasteiger charge is -2.38. The van der Waals surface area contributed by atoms with E-state index < -0.39 is 35.5 Å². The number of imide groups is 1. The number of hydrogen-bond acceptors (Lipinski definition) is 5. The Bertz CT molecular complexity index is 1710. The second kappa shape index (κ2) is 8.82. The maximum Gasteiger partial charge on any atom is 0.319 e. The van der Waals surface area contributed by atoms with Crippen LogP contribution in [0.4, 0.5) is 5.69 Å². The third kappa shape index (κ3) is 3.52. The molecule has 1 aliphatic carbocycles. The van der Waals surface area contributed by atoms with Gasteiger partial charge in [0, 0.05) is 16.5 Å². The van der Waals surface area contributed by atoms with Crippen LogP contribution in [0.1, 0.15) is 17.0 Å². The van der Waals surface area contributed by atoms with E-state index in [2.05, 4.69) is 0 Å². The average Bonchev–Trinajstić information content (AvgIpc) is 3.22. The fraction of sp³-hybridized carbons (Fsp3) is 0.156. The summed E-state index contributed by atoms with van der Waals surface area (Å²) in [6, 6.07) is 25.7. The maximum atomic E-state index is 14.1. The number of carbonyl (C=O) groups excluding carboxylic acids is 3. The van der Waals surface area contributed by atoms with Crippen LogP contribution in [-0.4, -0.2) is 24.9 Å². The molecule has 2 amide bonds. The van der Waals surface area contributed by atoms with E-state index in [0.717, 1.165) is 27.5 Å². The molecule has 1 saturated heterocycles. The summed E-state index contributed by atoms with van der Waals surface area (Å²) in [4.78, 5) is 42.9. The van der Waals surface area contributed by atoms with Crippen molar-refractivity contribution < 1.29 is 23.9 Å². The van der Waals surface area contributed by atoms with Gasteiger partial charge in [-0.1, -0.05) is 60.1 Å². The van der Waals surface area contributed by atoms with Crippen LogP contribution in [0.5, 0.6) is 11.5 Å². The van der Waals surface area contributed by atoms with Gasteiger partial charge in [-0.05, 0) is 64.4 Å². The van der Waals surface area contributed by atoms with Gasteiger partial charge in [0.1, 0.15) is 11.5 Å². The highest BCUT2D eigenvalue weighted by Gasteiger charge is 2.60. The summed E-state index contributed by atoms with van der Waals surface area (Å²) in [5, 5.41) is 2.42. The van der Waals surface area contributed by atoms with Crippen LogP contribution in [0.25, 0.3) is 16.3 Å². The number of allylic oxidation sites excluding steroid dienone is 1. The van der Waals surface area contributed by atoms with E-state index in [0.29, 0.717) is 22.2 Å². The molecule has 1 fully saturated rings. The van der Waals surface area contributed by atoms with E-state index in [9.17, 15) is 14.4 Å². The van der Waals surface area contributed by atoms with Crippen molar-refractivity contribution in [3.63, 3.8) is 0 Å². The Labute approximate surface area is 229 Å². The van der Waals surface area contributed by atoms with E-state index in [4.69, 9.17) is 21.1 Å². The van der Waals surface area contributed by atoms with Crippen molar-refractivity contribution in [3.05, 3.63) is 107 Å². The van der Waals surface area contributed by atoms with Crippen LogP contribution >= 0.6 is 11.6 Å². The summed E-state index contributed by atoms with van der Waals surface area (Å²) in [7, 11) is 1.59. The van der Waals surface area contributed by atoms with Gasteiger partial charge >= 0.3 is 5.97 Å². The Kier molecular flexibility index (Phi) is 5.35. The predicted molar refractivity (Wildman–Crippen MR) is 148 cm³/mol. The summed E-state index contributed by atoms with van der Waals surface area (Å²) in [5.41, 5.74) is 2.80. The molecular formula is C32H22ClNO5. The van der Waals surface area contributed by atoms with Gasteiger partial charge < -0.3 is 9.47 Å². The summed E-state index contributed by atoms with van der Waals surface area (Å²) in [5.74, 6) is -3.19. The summed E-state index contributed by atoms with van der Waals surface area (Å²) in [6.45, 7) is 0. The van der Waals surface area contributed by atoms with Crippen molar-refractivity contribution in [2.75, 3.05) is 12.0 Å². The molecule has 0 spiro atoms. The van der Waals surface area contributed by atoms with E-state index in [1.165, 1.54) is 4.90 Å². The second-order valence-electron chi connectivity index (χ2n) is 10.0. The highest BCUT2D eigenvalue weighted by atomic mass is 35.5. The number of carbonyl (C=O) groups is 3. The topological polar surface area (TPSA) is 72.9 Å². The van der Waals surface area contributed by atoms with Gasteiger partial charge in [-0.15, -0.1) is 0 Å². The molecule has 6 nitrogen and oxygen atoms in total. The van der Waals surface area contributed by atoms with Crippen LogP contribution in [-0.2, 0) is 14.4 Å². The first-order valence-corrected chi connectivity index (χ1v) is 13.1. The van der Waals surface area contributed by atoms with E-state index >= 15 is 0 Å². The molecule has 4 aromatic carbocycles. The highest BCUT2D eigenvalue weighted by molar-refractivity contribution is 6.31. The molecule has 2 aliphatic heterocycles. The van der Waals surface area contributed by atoms with Gasteiger partial charge in [0.2, 0.25) is 11.8 Å². The molecule has 4 atom stereocenters. The number of anilines is 1. The number of fused-ring (bicyclic) bond motifs is 7. The summed E-state index contributed by atoms with van der Waals surface area (Å²) >= 11 is 6.08. The molecule has 0 saturated carbocycles. The van der Waals surface area contributed by atoms with Crippen LogP contribution in [0.15, 0.2) is 91.0 Å². The molecule has 0 bridgehead atoms. The lowest BCUT2D eigenvalue weighted by molar-refractivity contribution is -0.142. The molecule has 7 rings (SSSR count). The van der Waals surface area contributed by atoms with Crippen molar-refractivity contribution in [2.45, 2.75) is 5.92 Å². The third-order valence-corrected chi connectivity index (χ3v) is 8.32. The Morgan fingerprint density at radius 2 is 1.54 bits per heavy atom. The third-order valence-electron chi connectivity index (χ3n) is 8.07. The quantitative estimate of drug-likeness (QED) is 0.182. The van der Waals surface area contributed by atoms with Gasteiger partial charge in [0.25, 0.3) is 0 Å². The van der Waals surface area contributed by atoms with Gasteiger partial charge in [-0.2, -0.15) is 0 Å². The van der Waals surface area contributed by atoms with Crippen molar-refractivity contribution >= 4 is 51.4 Å². The Morgan fingerprint density at radius 3 is 2.28 bits per heavy atom. The van der Waals surface area contributed by atoms with Crippen LogP contribution < -0.4 is 14.4 Å². The predicted octanol–water partition coefficient (Wildman–Crippen LogP) is 6.02. The van der Waals surface area contributed by atoms with Gasteiger partial charge in [0.05, 0.1) is 30.6 Å². The maximum absolute atomic E-state index is 14.1. The number of nitrogens with zero attached hydrogens (tertiary/aromatic N) is 1. The van der Waals surface area contributed by atoms with Crippen molar-refractivity contribution in [1.82, 2.24) is 0 Å². The van der Waals surface area contributed by atoms with Crippen molar-refractivity contribution in [3.8, 4) is 11.5 Å². The SMILES string of the molecule is COc1ccc([C@@H]2C=C3c4c(ccc5ccccc45)OC(=O)[C@@H]3[C@@H]3C(=O)N(c4ccc(Cl)cc4)C(=O)[C@@H]32)cc1. The van der Waals surface area contributed by atoms with Gasteiger partial charge in [0.15, 0.2) is 0 Å². The number of ether oxygens (including phenoxy) is 2. The standard InChI is InChI=1S/C32H22ClNO5/c1-38-21-13-6-18(7-14-21)23-16-24-26-22-5-3-2-4-17(22)8-15-25(26)39-32(37)28(24)29-27(23)30(35)34(31(29)36)20-11-9-19(33)10-12-20/h2-16,23,27-29H,1H3/t23-,27+,28-,29+/m0/s1. The number of hydrogen-bond donors (Lipinski definition) is 0. The van der Waals surface area contributed by atoms with Gasteiger partial charge in [-0.3, -0.25) is 14.4 Å². The average molecular weight is 536 g/mol. The number of methoxy groups -OCH3 is 1. The lowest BCUT2D eigenvalue weighted by atomic mass is 9.64. The largest absolute Gasteiger partial charge is 0.497 e. The molecule has 4 aromatic rings. The van der Waals surface area contributed by atoms with E-state index in [-0.39, 0.29) is 5.91 Å². The minimum atomic E-state index is -0.917. The zero-order valence-corrected chi connectivity index (χ0v) is 21.6. The first kappa shape index (κ1) is 23.7. The number of halogens is 1. The molecule has 7 heteroatoms. The summed E-state index contributed by atoms with van der Waals surface area (Å²) in [6.07, 6.45) is 2.00. The molecular weight excluding hydrogens is 514 g/mol. The highest BCUT2D eigenvalue weighted by Crippen LogP contribution is 2.55. The Hall–Kier alpha value is -4.42. The summed E-state index contributed by atoms with van der Waals surface area (Å²) < 4.78 is 11.2. The zero-order chi connectivity index (χ0) is 26.8. The van der Waals surface area contributed by atoms with E-state index in [1.54, 1.807) is 37.4 Å². The molecule has 39 heavy (non-hydrogen) atoms. The molecule has 0 aromatic heterocycles. The van der Waals surface area contributed by atoms with Crippen LogP contribution in [0.2, 0.25) is 5.02 Å². The lowest BCUT2D eigenvalue weighted by Crippen LogP contribution is -2.42.